The second-order valence-corrected chi connectivity index (χ2v) is 6.48. The van der Waals surface area contributed by atoms with Crippen molar-refractivity contribution >= 4 is 6.09 Å². The summed E-state index contributed by atoms with van der Waals surface area (Å²) in [5.74, 6) is 0.692. The van der Waals surface area contributed by atoms with Gasteiger partial charge in [0.25, 0.3) is 0 Å². The van der Waals surface area contributed by atoms with Gasteiger partial charge in [-0.25, -0.2) is 4.79 Å². The van der Waals surface area contributed by atoms with Gasteiger partial charge in [0.05, 0.1) is 6.61 Å². The quantitative estimate of drug-likeness (QED) is 0.744. The van der Waals surface area contributed by atoms with Gasteiger partial charge in [0.15, 0.2) is 0 Å². The maximum absolute atomic E-state index is 10.4. The minimum absolute atomic E-state index is 0.191. The van der Waals surface area contributed by atoms with Gasteiger partial charge in [0, 0.05) is 11.1 Å². The molecule has 0 atom stereocenters. The Morgan fingerprint density at radius 2 is 1.82 bits per heavy atom. The third-order valence-electron chi connectivity index (χ3n) is 3.28. The predicted octanol–water partition coefficient (Wildman–Crippen LogP) is 2.42. The number of piperidine rings is 1. The highest BCUT2D eigenvalue weighted by atomic mass is 16.5. The Balaban J connectivity index is 2.35. The largest absolute Gasteiger partial charge is 0.450 e. The van der Waals surface area contributed by atoms with Gasteiger partial charge in [-0.15, -0.1) is 0 Å². The van der Waals surface area contributed by atoms with Crippen LogP contribution in [0.5, 0.6) is 0 Å². The van der Waals surface area contributed by atoms with Gasteiger partial charge in [0.1, 0.15) is 0 Å². The highest BCUT2D eigenvalue weighted by Gasteiger charge is 2.37. The van der Waals surface area contributed by atoms with Crippen LogP contribution in [0.1, 0.15) is 53.4 Å². The standard InChI is InChI=1S/C13H26N2O2/c1-12(2)8-10(9-13(3,4)15-12)6-5-7-17-11(14)16/h10,15H,5-9H2,1-4H3,(H2,14,16). The van der Waals surface area contributed by atoms with E-state index < -0.39 is 6.09 Å². The Morgan fingerprint density at radius 1 is 1.29 bits per heavy atom. The molecule has 4 nitrogen and oxygen atoms in total. The number of nitrogens with one attached hydrogen (secondary N) is 1. The summed E-state index contributed by atoms with van der Waals surface area (Å²) in [6, 6.07) is 0. The van der Waals surface area contributed by atoms with Gasteiger partial charge in [-0.2, -0.15) is 0 Å². The molecule has 0 aliphatic carbocycles. The number of rotatable bonds is 4. The van der Waals surface area contributed by atoms with Crippen LogP contribution >= 0.6 is 0 Å². The summed E-state index contributed by atoms with van der Waals surface area (Å²) >= 11 is 0. The van der Waals surface area contributed by atoms with Crippen LogP contribution in [0.3, 0.4) is 0 Å². The van der Waals surface area contributed by atoms with E-state index in [1.807, 2.05) is 0 Å². The summed E-state index contributed by atoms with van der Waals surface area (Å²) in [5.41, 5.74) is 5.31. The molecule has 100 valence electrons. The van der Waals surface area contributed by atoms with Gasteiger partial charge in [-0.05, 0) is 59.3 Å². The fourth-order valence-electron chi connectivity index (χ4n) is 3.28. The zero-order valence-corrected chi connectivity index (χ0v) is 11.5. The van der Waals surface area contributed by atoms with Crippen LogP contribution in [0.2, 0.25) is 0 Å². The Labute approximate surface area is 104 Å². The summed E-state index contributed by atoms with van der Waals surface area (Å²) in [6.07, 6.45) is 3.68. The number of hydrogen-bond donors (Lipinski definition) is 2. The zero-order chi connectivity index (χ0) is 13.1. The van der Waals surface area contributed by atoms with Gasteiger partial charge >= 0.3 is 6.09 Å². The van der Waals surface area contributed by atoms with E-state index in [-0.39, 0.29) is 11.1 Å². The molecule has 1 fully saturated rings. The average molecular weight is 242 g/mol. The molecule has 1 rings (SSSR count). The lowest BCUT2D eigenvalue weighted by Gasteiger charge is -2.46. The van der Waals surface area contributed by atoms with E-state index in [4.69, 9.17) is 10.5 Å². The molecular weight excluding hydrogens is 216 g/mol. The van der Waals surface area contributed by atoms with Gasteiger partial charge in [0.2, 0.25) is 0 Å². The molecule has 17 heavy (non-hydrogen) atoms. The molecule has 0 aromatic carbocycles. The highest BCUT2D eigenvalue weighted by Crippen LogP contribution is 2.35. The predicted molar refractivity (Wildman–Crippen MR) is 68.8 cm³/mol. The van der Waals surface area contributed by atoms with Crippen LogP contribution < -0.4 is 11.1 Å². The minimum Gasteiger partial charge on any atom is -0.450 e. The smallest absolute Gasteiger partial charge is 0.404 e. The molecule has 0 bridgehead atoms. The summed E-state index contributed by atoms with van der Waals surface area (Å²) in [7, 11) is 0. The van der Waals surface area contributed by atoms with Crippen molar-refractivity contribution in [2.75, 3.05) is 6.61 Å². The molecule has 1 aliphatic rings. The summed E-state index contributed by atoms with van der Waals surface area (Å²) < 4.78 is 4.76. The molecular formula is C13H26N2O2. The number of primary amides is 1. The highest BCUT2D eigenvalue weighted by molar-refractivity contribution is 5.64. The third-order valence-corrected chi connectivity index (χ3v) is 3.28. The van der Waals surface area contributed by atoms with Crippen molar-refractivity contribution in [3.8, 4) is 0 Å². The first kappa shape index (κ1) is 14.3. The lowest BCUT2D eigenvalue weighted by molar-refractivity contribution is 0.112. The summed E-state index contributed by atoms with van der Waals surface area (Å²) in [5, 5.41) is 3.67. The number of amides is 1. The van der Waals surface area contributed by atoms with E-state index in [1.165, 1.54) is 12.8 Å². The number of ether oxygens (including phenoxy) is 1. The lowest BCUT2D eigenvalue weighted by atomic mass is 9.74. The first-order valence-corrected chi connectivity index (χ1v) is 6.42. The average Bonchev–Trinajstić information content (AvgIpc) is 2.06. The van der Waals surface area contributed by atoms with E-state index in [0.717, 1.165) is 12.8 Å². The van der Waals surface area contributed by atoms with Crippen molar-refractivity contribution in [1.82, 2.24) is 5.32 Å². The molecule has 1 aliphatic heterocycles. The van der Waals surface area contributed by atoms with Gasteiger partial charge in [-0.1, -0.05) is 0 Å². The van der Waals surface area contributed by atoms with Crippen molar-refractivity contribution in [3.63, 3.8) is 0 Å². The van der Waals surface area contributed by atoms with Crippen LogP contribution in [0, 0.1) is 5.92 Å². The molecule has 0 radical (unpaired) electrons. The van der Waals surface area contributed by atoms with Crippen molar-refractivity contribution in [1.29, 1.82) is 0 Å². The normalized spacial score (nSPS) is 23.3. The van der Waals surface area contributed by atoms with Crippen molar-refractivity contribution in [2.45, 2.75) is 64.5 Å². The van der Waals surface area contributed by atoms with Crippen molar-refractivity contribution < 1.29 is 9.53 Å². The maximum atomic E-state index is 10.4. The lowest BCUT2D eigenvalue weighted by Crippen LogP contribution is -2.57. The first-order chi connectivity index (χ1) is 7.70. The Kier molecular flexibility index (Phi) is 4.42. The van der Waals surface area contributed by atoms with Crippen LogP contribution in [0.15, 0.2) is 0 Å². The first-order valence-electron chi connectivity index (χ1n) is 6.42. The molecule has 1 amide bonds. The topological polar surface area (TPSA) is 64.3 Å². The van der Waals surface area contributed by atoms with E-state index in [1.54, 1.807) is 0 Å². The van der Waals surface area contributed by atoms with E-state index in [9.17, 15) is 4.79 Å². The zero-order valence-electron chi connectivity index (χ0n) is 11.5. The monoisotopic (exact) mass is 242 g/mol. The SMILES string of the molecule is CC1(C)CC(CCCOC(N)=O)CC(C)(C)N1. The molecule has 0 spiro atoms. The van der Waals surface area contributed by atoms with E-state index in [0.29, 0.717) is 12.5 Å². The summed E-state index contributed by atoms with van der Waals surface area (Å²) in [6.45, 7) is 9.45. The molecule has 1 heterocycles. The minimum atomic E-state index is -0.670. The molecule has 3 N–H and O–H groups in total. The second-order valence-electron chi connectivity index (χ2n) is 6.48. The van der Waals surface area contributed by atoms with Crippen molar-refractivity contribution in [3.05, 3.63) is 0 Å². The Morgan fingerprint density at radius 3 is 2.29 bits per heavy atom. The van der Waals surface area contributed by atoms with Crippen molar-refractivity contribution in [2.24, 2.45) is 11.7 Å². The molecule has 0 aromatic rings. The third kappa shape index (κ3) is 5.39. The number of carbonyl (C=O) groups excluding carboxylic acids is 1. The maximum Gasteiger partial charge on any atom is 0.404 e. The van der Waals surface area contributed by atoms with Crippen LogP contribution in [-0.4, -0.2) is 23.8 Å². The number of carbonyl (C=O) groups is 1. The number of nitrogens with two attached hydrogens (primary N) is 1. The fraction of sp³-hybridized carbons (Fsp3) is 0.923. The Bertz CT molecular complexity index is 259. The van der Waals surface area contributed by atoms with Crippen LogP contribution in [0.25, 0.3) is 0 Å². The fourth-order valence-corrected chi connectivity index (χ4v) is 3.28. The van der Waals surface area contributed by atoms with Crippen LogP contribution in [0.4, 0.5) is 4.79 Å². The molecule has 1 saturated heterocycles. The molecule has 0 aromatic heterocycles. The molecule has 0 unspecified atom stereocenters. The van der Waals surface area contributed by atoms with Gasteiger partial charge < -0.3 is 15.8 Å². The number of hydrogen-bond acceptors (Lipinski definition) is 3. The molecule has 4 heteroatoms. The second kappa shape index (κ2) is 5.25. The van der Waals surface area contributed by atoms with E-state index in [2.05, 4.69) is 33.0 Å². The van der Waals surface area contributed by atoms with Crippen LogP contribution in [-0.2, 0) is 4.74 Å². The van der Waals surface area contributed by atoms with Gasteiger partial charge in [-0.3, -0.25) is 0 Å². The summed E-state index contributed by atoms with van der Waals surface area (Å²) in [4.78, 5) is 10.4. The van der Waals surface area contributed by atoms with E-state index >= 15 is 0 Å². The Hall–Kier alpha value is -0.770. The molecule has 0 saturated carbocycles.